The molecule has 370 valence electrons. The molecule has 1 aromatic heterocycles. The van der Waals surface area contributed by atoms with E-state index in [2.05, 4.69) is 16.0 Å². The summed E-state index contributed by atoms with van der Waals surface area (Å²) >= 11 is 0. The van der Waals surface area contributed by atoms with Crippen LogP contribution >= 0.6 is 0 Å². The second-order valence-corrected chi connectivity index (χ2v) is 21.3. The number of amides is 7. The van der Waals surface area contributed by atoms with Gasteiger partial charge >= 0.3 is 12.1 Å². The summed E-state index contributed by atoms with van der Waals surface area (Å²) in [6.07, 6.45) is 4.85. The van der Waals surface area contributed by atoms with Crippen LogP contribution in [0.5, 0.6) is 0 Å². The molecule has 1 aliphatic rings. The summed E-state index contributed by atoms with van der Waals surface area (Å²) in [5.41, 5.74) is -1.69. The van der Waals surface area contributed by atoms with Gasteiger partial charge in [0, 0.05) is 80.9 Å². The minimum atomic E-state index is -1.23. The molecule has 3 N–H and O–H groups in total. The molecule has 17 nitrogen and oxygen atoms in total. The molecule has 0 saturated heterocycles. The van der Waals surface area contributed by atoms with Crippen LogP contribution in [0.15, 0.2) is 54.3 Å². The highest BCUT2D eigenvalue weighted by Crippen LogP contribution is 2.37. The Morgan fingerprint density at radius 3 is 1.91 bits per heavy atom. The normalized spacial score (nSPS) is 15.5. The van der Waals surface area contributed by atoms with Crippen molar-refractivity contribution in [2.75, 3.05) is 27.2 Å². The Morgan fingerprint density at radius 1 is 0.806 bits per heavy atom. The number of fused-ring (bicyclic) bond motifs is 1. The molecular weight excluding hydrogens is 859 g/mol. The number of rotatable bonds is 18. The smallest absolute Gasteiger partial charge is 0.410 e. The van der Waals surface area contributed by atoms with Crippen molar-refractivity contribution in [3.05, 3.63) is 59.8 Å². The van der Waals surface area contributed by atoms with E-state index in [1.54, 1.807) is 61.6 Å². The second kappa shape index (κ2) is 21.7. The third kappa shape index (κ3) is 14.7. The van der Waals surface area contributed by atoms with Gasteiger partial charge in [-0.2, -0.15) is 0 Å². The van der Waals surface area contributed by atoms with Crippen LogP contribution in [0, 0.1) is 11.3 Å². The van der Waals surface area contributed by atoms with Crippen molar-refractivity contribution in [3.63, 3.8) is 0 Å². The van der Waals surface area contributed by atoms with Crippen molar-refractivity contribution >= 4 is 58.4 Å². The van der Waals surface area contributed by atoms with Crippen LogP contribution < -0.4 is 16.0 Å². The summed E-state index contributed by atoms with van der Waals surface area (Å²) < 4.78 is 13.3. The molecule has 0 spiro atoms. The summed E-state index contributed by atoms with van der Waals surface area (Å²) in [6, 6.07) is 3.62. The fourth-order valence-electron chi connectivity index (χ4n) is 7.95. The summed E-state index contributed by atoms with van der Waals surface area (Å²) in [7, 11) is 5.03. The van der Waals surface area contributed by atoms with Crippen molar-refractivity contribution in [2.45, 2.75) is 151 Å². The van der Waals surface area contributed by atoms with Crippen LogP contribution in [0.1, 0.15) is 115 Å². The molecule has 0 bridgehead atoms. The molecule has 0 saturated carbocycles. The Kier molecular flexibility index (Phi) is 18.0. The number of carbonyl (C=O) groups excluding carboxylic acids is 8. The van der Waals surface area contributed by atoms with Gasteiger partial charge in [0.2, 0.25) is 23.6 Å². The number of carbonyl (C=O) groups is 8. The Labute approximate surface area is 396 Å². The molecule has 67 heavy (non-hydrogen) atoms. The largest absolute Gasteiger partial charge is 0.458 e. The van der Waals surface area contributed by atoms with E-state index in [9.17, 15) is 38.4 Å². The molecule has 17 heteroatoms. The van der Waals surface area contributed by atoms with Gasteiger partial charge in [-0.05, 0) is 77.8 Å². The topological polar surface area (TPSA) is 206 Å². The minimum Gasteiger partial charge on any atom is -0.458 e. The van der Waals surface area contributed by atoms with Gasteiger partial charge in [-0.1, -0.05) is 72.7 Å². The van der Waals surface area contributed by atoms with Crippen LogP contribution in [-0.2, 0) is 55.5 Å². The number of aryl methyl sites for hydroxylation is 1. The van der Waals surface area contributed by atoms with E-state index in [0.717, 1.165) is 33.5 Å². The second-order valence-electron chi connectivity index (χ2n) is 21.3. The van der Waals surface area contributed by atoms with Crippen LogP contribution in [0.4, 0.5) is 4.79 Å². The van der Waals surface area contributed by atoms with Gasteiger partial charge in [0.1, 0.15) is 29.3 Å². The molecule has 7 amide bonds. The Hall–Kier alpha value is -6.00. The van der Waals surface area contributed by atoms with Crippen LogP contribution in [0.3, 0.4) is 0 Å². The highest BCUT2D eigenvalue weighted by Gasteiger charge is 2.47. The third-order valence-electron chi connectivity index (χ3n) is 11.5. The predicted octanol–water partition coefficient (Wildman–Crippen LogP) is 5.30. The first kappa shape index (κ1) is 55.3. The molecule has 2 aromatic rings. The van der Waals surface area contributed by atoms with E-state index < -0.39 is 93.7 Å². The van der Waals surface area contributed by atoms with Gasteiger partial charge in [0.05, 0.1) is 6.04 Å². The molecule has 0 radical (unpaired) electrons. The van der Waals surface area contributed by atoms with Crippen molar-refractivity contribution in [2.24, 2.45) is 18.4 Å². The average molecular weight is 934 g/mol. The number of aromatic nitrogens is 1. The van der Waals surface area contributed by atoms with Crippen molar-refractivity contribution in [3.8, 4) is 0 Å². The molecule has 0 fully saturated rings. The zero-order valence-corrected chi connectivity index (χ0v) is 42.7. The Balaban J connectivity index is 1.91. The molecule has 1 aromatic carbocycles. The number of imide groups is 1. The zero-order valence-electron chi connectivity index (χ0n) is 42.7. The van der Waals surface area contributed by atoms with Gasteiger partial charge < -0.3 is 34.9 Å². The first-order valence-electron chi connectivity index (χ1n) is 22.8. The Morgan fingerprint density at radius 2 is 1.37 bits per heavy atom. The van der Waals surface area contributed by atoms with Gasteiger partial charge in [0.15, 0.2) is 0 Å². The number of nitrogens with zero attached hydrogens (tertiary/aromatic N) is 4. The van der Waals surface area contributed by atoms with E-state index in [4.69, 9.17) is 9.47 Å². The SMILES string of the molecule is C/C(=C\[C@H](C(C)C)N(C)C(=O)[C@@H](NC(=O)[C@@H](N(C)C(=O)OC(C)(C)C)C(C)(C)c1cn(C)c2ccccc12)C(C)(C)C)C(=O)N[C@H](CCC(=O)NCCN1C(=O)C=CC1=O)C(=O)OC(C)(C)C. The number of likely N-dealkylation sites (N-methyl/N-ethyl adjacent to an activating group) is 2. The lowest BCUT2D eigenvalue weighted by Gasteiger charge is -2.42. The number of hydrogen-bond donors (Lipinski definition) is 3. The quantitative estimate of drug-likeness (QED) is 0.1000. The zero-order chi connectivity index (χ0) is 51.1. The average Bonchev–Trinajstić information content (AvgIpc) is 3.71. The van der Waals surface area contributed by atoms with Crippen molar-refractivity contribution in [1.82, 2.24) is 35.2 Å². The van der Waals surface area contributed by atoms with Gasteiger partial charge in [-0.25, -0.2) is 9.59 Å². The lowest BCUT2D eigenvalue weighted by molar-refractivity contribution is -0.158. The van der Waals surface area contributed by atoms with E-state index in [1.807, 2.05) is 90.5 Å². The highest BCUT2D eigenvalue weighted by molar-refractivity contribution is 6.12. The lowest BCUT2D eigenvalue weighted by Crippen LogP contribution is -2.63. The predicted molar refractivity (Wildman–Crippen MR) is 256 cm³/mol. The van der Waals surface area contributed by atoms with Gasteiger partial charge in [-0.15, -0.1) is 0 Å². The molecule has 4 atom stereocenters. The van der Waals surface area contributed by atoms with Crippen LogP contribution in [-0.4, -0.2) is 129 Å². The number of esters is 1. The van der Waals surface area contributed by atoms with Crippen molar-refractivity contribution in [1.29, 1.82) is 0 Å². The number of ether oxygens (including phenoxy) is 2. The van der Waals surface area contributed by atoms with Crippen molar-refractivity contribution < 1.29 is 47.8 Å². The number of para-hydroxylation sites is 1. The number of nitrogens with one attached hydrogen (secondary N) is 3. The standard InChI is InChI=1S/C50H75N7O10/c1-30(2)36(28-31(3)42(61)52-34(45(64)66-48(7,8)9)22-23-37(58)51-26-27-57-38(59)24-25-39(57)60)55(16)44(63)40(47(4,5)6)53-43(62)41(56(17)46(65)67-49(10,11)12)50(13,14)33-29-54(15)35-21-19-18-20-32(33)35/h18-21,24-25,28-30,34,36,40-41H,22-23,26-27H2,1-17H3,(H,51,58)(H,52,61)(H,53,62)/b31-28+/t34-,36-,40-,41-/m1/s1. The maximum atomic E-state index is 14.9. The summed E-state index contributed by atoms with van der Waals surface area (Å²) in [4.78, 5) is 111. The number of hydrogen-bond acceptors (Lipinski definition) is 10. The maximum Gasteiger partial charge on any atom is 0.410 e. The van der Waals surface area contributed by atoms with Crippen LogP contribution in [0.25, 0.3) is 10.9 Å². The van der Waals surface area contributed by atoms with E-state index >= 15 is 0 Å². The minimum absolute atomic E-state index is 0.00130. The highest BCUT2D eigenvalue weighted by atomic mass is 16.6. The van der Waals surface area contributed by atoms with E-state index in [-0.39, 0.29) is 37.4 Å². The number of benzene rings is 1. The monoisotopic (exact) mass is 934 g/mol. The third-order valence-corrected chi connectivity index (χ3v) is 11.5. The fourth-order valence-corrected chi connectivity index (χ4v) is 7.95. The molecule has 0 unspecified atom stereocenters. The first-order valence-corrected chi connectivity index (χ1v) is 22.8. The molecule has 3 rings (SSSR count). The Bertz CT molecular complexity index is 2230. The van der Waals surface area contributed by atoms with Gasteiger partial charge in [0.25, 0.3) is 11.8 Å². The van der Waals surface area contributed by atoms with Gasteiger partial charge in [-0.3, -0.25) is 38.6 Å². The molecule has 1 aliphatic heterocycles. The summed E-state index contributed by atoms with van der Waals surface area (Å²) in [6.45, 7) is 24.8. The van der Waals surface area contributed by atoms with E-state index in [1.165, 1.54) is 16.8 Å². The molecule has 0 aliphatic carbocycles. The lowest BCUT2D eigenvalue weighted by atomic mass is 9.76. The van der Waals surface area contributed by atoms with E-state index in [0.29, 0.717) is 0 Å². The summed E-state index contributed by atoms with van der Waals surface area (Å²) in [5, 5.41) is 9.29. The molecular formula is C50H75N7O10. The maximum absolute atomic E-state index is 14.9. The van der Waals surface area contributed by atoms with Crippen LogP contribution in [0.2, 0.25) is 0 Å². The fraction of sp³-hybridized carbons (Fsp3) is 0.600. The summed E-state index contributed by atoms with van der Waals surface area (Å²) in [5.74, 6) is -4.06. The first-order chi connectivity index (χ1) is 30.7. The molecule has 2 heterocycles.